The fourth-order valence-electron chi connectivity index (χ4n) is 4.31. The van der Waals surface area contributed by atoms with Crippen LogP contribution in [0.4, 0.5) is 5.69 Å². The number of sulfonamides is 1. The van der Waals surface area contributed by atoms with Crippen molar-refractivity contribution in [1.29, 1.82) is 0 Å². The molecule has 35 heavy (non-hydrogen) atoms. The largest absolute Gasteiger partial charge is 0.325 e. The summed E-state index contributed by atoms with van der Waals surface area (Å²) in [5.74, 6) is -0.127. The van der Waals surface area contributed by atoms with Crippen molar-refractivity contribution in [2.45, 2.75) is 38.6 Å². The van der Waals surface area contributed by atoms with Crippen molar-refractivity contribution in [2.75, 3.05) is 51.1 Å². The Balaban J connectivity index is 1.56. The van der Waals surface area contributed by atoms with E-state index in [0.717, 1.165) is 32.7 Å². The molecule has 1 saturated heterocycles. The number of carbonyl (C=O) groups is 1. The molecule has 0 aromatic heterocycles. The van der Waals surface area contributed by atoms with Gasteiger partial charge in [0.05, 0.1) is 10.9 Å². The summed E-state index contributed by atoms with van der Waals surface area (Å²) in [5.41, 5.74) is 2.36. The lowest BCUT2D eigenvalue weighted by molar-refractivity contribution is -0.121. The molecule has 2 aromatic rings. The summed E-state index contributed by atoms with van der Waals surface area (Å²) in [7, 11) is -3.60. The molecule has 1 heterocycles. The Kier molecular flexibility index (Phi) is 9.63. The van der Waals surface area contributed by atoms with Gasteiger partial charge >= 0.3 is 0 Å². The van der Waals surface area contributed by atoms with Crippen LogP contribution in [0.2, 0.25) is 0 Å². The molecule has 1 N–H and O–H groups in total. The summed E-state index contributed by atoms with van der Waals surface area (Å²) in [6.07, 6.45) is 4.32. The first-order valence-corrected chi connectivity index (χ1v) is 13.8. The van der Waals surface area contributed by atoms with E-state index in [0.29, 0.717) is 24.3 Å². The molecule has 1 atom stereocenters. The summed E-state index contributed by atoms with van der Waals surface area (Å²) in [5, 5.41) is 2.93. The zero-order valence-electron chi connectivity index (χ0n) is 21.3. The second kappa shape index (κ2) is 12.4. The van der Waals surface area contributed by atoms with Gasteiger partial charge in [-0.05, 0) is 37.1 Å². The average molecular weight is 499 g/mol. The van der Waals surface area contributed by atoms with E-state index in [1.54, 1.807) is 25.1 Å². The number of amides is 1. The lowest BCUT2D eigenvalue weighted by Crippen LogP contribution is -2.52. The summed E-state index contributed by atoms with van der Waals surface area (Å²) in [6, 6.07) is 15.0. The van der Waals surface area contributed by atoms with E-state index < -0.39 is 10.0 Å². The maximum Gasteiger partial charge on any atom is 0.243 e. The molecular weight excluding hydrogens is 460 g/mol. The number of benzene rings is 2. The Morgan fingerprint density at radius 2 is 1.71 bits per heavy atom. The van der Waals surface area contributed by atoms with Crippen LogP contribution >= 0.6 is 0 Å². The van der Waals surface area contributed by atoms with E-state index in [1.165, 1.54) is 9.87 Å². The Bertz CT molecular complexity index is 1110. The maximum absolute atomic E-state index is 13.0. The van der Waals surface area contributed by atoms with E-state index >= 15 is 0 Å². The Labute approximate surface area is 210 Å². The van der Waals surface area contributed by atoms with Crippen LogP contribution < -0.4 is 5.32 Å². The van der Waals surface area contributed by atoms with Gasteiger partial charge in [0.25, 0.3) is 0 Å². The van der Waals surface area contributed by atoms with Crippen LogP contribution in [0.25, 0.3) is 6.08 Å². The Morgan fingerprint density at radius 1 is 1.06 bits per heavy atom. The van der Waals surface area contributed by atoms with Crippen LogP contribution in [-0.2, 0) is 14.8 Å². The third-order valence-electron chi connectivity index (χ3n) is 6.59. The molecule has 3 rings (SSSR count). The van der Waals surface area contributed by atoms with Gasteiger partial charge in [-0.2, -0.15) is 4.31 Å². The molecule has 190 valence electrons. The first-order valence-electron chi connectivity index (χ1n) is 12.4. The Hall–Kier alpha value is -2.52. The molecule has 0 spiro atoms. The van der Waals surface area contributed by atoms with Crippen LogP contribution in [0.1, 0.15) is 31.9 Å². The highest BCUT2D eigenvalue weighted by Gasteiger charge is 2.27. The molecule has 8 heteroatoms. The van der Waals surface area contributed by atoms with Crippen LogP contribution in [0.3, 0.4) is 0 Å². The van der Waals surface area contributed by atoms with Crippen molar-refractivity contribution < 1.29 is 13.2 Å². The molecule has 0 saturated carbocycles. The summed E-state index contributed by atoms with van der Waals surface area (Å²) < 4.78 is 27.5. The molecular formula is C27H38N4O3S. The normalized spacial score (nSPS) is 16.6. The first-order chi connectivity index (χ1) is 16.8. The van der Waals surface area contributed by atoms with Crippen LogP contribution in [-0.4, -0.2) is 80.3 Å². The number of hydrogen-bond donors (Lipinski definition) is 1. The SMILES string of the molecule is CCN(CC)S(=O)(=O)c1cc(NC(=O)C(C)N2CCN(C/C=C/c3ccccc3)CC2)ccc1C. The second-order valence-electron chi connectivity index (χ2n) is 8.88. The van der Waals surface area contributed by atoms with Crippen molar-refractivity contribution in [3.05, 3.63) is 65.7 Å². The zero-order valence-corrected chi connectivity index (χ0v) is 22.1. The van der Waals surface area contributed by atoms with Gasteiger partial charge in [0.2, 0.25) is 15.9 Å². The van der Waals surface area contributed by atoms with Gasteiger partial charge in [0.15, 0.2) is 0 Å². The third kappa shape index (κ3) is 7.01. The van der Waals surface area contributed by atoms with Crippen molar-refractivity contribution in [3.8, 4) is 0 Å². The fraction of sp³-hybridized carbons (Fsp3) is 0.444. The quantitative estimate of drug-likeness (QED) is 0.541. The number of aryl methyl sites for hydroxylation is 1. The zero-order chi connectivity index (χ0) is 25.4. The third-order valence-corrected chi connectivity index (χ3v) is 8.78. The van der Waals surface area contributed by atoms with Gasteiger partial charge in [-0.15, -0.1) is 0 Å². The van der Waals surface area contributed by atoms with Gasteiger partial charge in [0.1, 0.15) is 0 Å². The number of carbonyl (C=O) groups excluding carboxylic acids is 1. The van der Waals surface area contributed by atoms with E-state index in [4.69, 9.17) is 0 Å². The van der Waals surface area contributed by atoms with Crippen molar-refractivity contribution >= 4 is 27.7 Å². The molecule has 0 aliphatic carbocycles. The lowest BCUT2D eigenvalue weighted by atomic mass is 10.2. The van der Waals surface area contributed by atoms with E-state index in [-0.39, 0.29) is 16.8 Å². The standard InChI is InChI=1S/C27H38N4O3S/c1-5-31(6-2)35(33,34)26-21-25(15-14-22(26)3)28-27(32)23(4)30-19-17-29(18-20-30)16-10-13-24-11-8-7-9-12-24/h7-15,21,23H,5-6,16-20H2,1-4H3,(H,28,32)/b13-10+. The van der Waals surface area contributed by atoms with Crippen LogP contribution in [0.5, 0.6) is 0 Å². The molecule has 0 bridgehead atoms. The molecule has 0 radical (unpaired) electrons. The van der Waals surface area contributed by atoms with Crippen LogP contribution in [0.15, 0.2) is 59.5 Å². The number of hydrogen-bond acceptors (Lipinski definition) is 5. The molecule has 1 amide bonds. The predicted octanol–water partition coefficient (Wildman–Crippen LogP) is 3.68. The smallest absolute Gasteiger partial charge is 0.243 e. The van der Waals surface area contributed by atoms with Crippen molar-refractivity contribution in [2.24, 2.45) is 0 Å². The average Bonchev–Trinajstić information content (AvgIpc) is 2.86. The first kappa shape index (κ1) is 27.1. The summed E-state index contributed by atoms with van der Waals surface area (Å²) >= 11 is 0. The number of nitrogens with zero attached hydrogens (tertiary/aromatic N) is 3. The predicted molar refractivity (Wildman–Crippen MR) is 143 cm³/mol. The molecule has 1 aliphatic heterocycles. The van der Waals surface area contributed by atoms with Gasteiger partial charge < -0.3 is 5.32 Å². The lowest BCUT2D eigenvalue weighted by Gasteiger charge is -2.37. The second-order valence-corrected chi connectivity index (χ2v) is 10.8. The molecule has 2 aromatic carbocycles. The fourth-order valence-corrected chi connectivity index (χ4v) is 6.01. The minimum atomic E-state index is -3.60. The molecule has 1 unspecified atom stereocenters. The van der Waals surface area contributed by atoms with E-state index in [1.807, 2.05) is 39.0 Å². The maximum atomic E-state index is 13.0. The number of rotatable bonds is 10. The Morgan fingerprint density at radius 3 is 2.34 bits per heavy atom. The number of piperazine rings is 1. The van der Waals surface area contributed by atoms with Crippen molar-refractivity contribution in [1.82, 2.24) is 14.1 Å². The van der Waals surface area contributed by atoms with E-state index in [9.17, 15) is 13.2 Å². The van der Waals surface area contributed by atoms with E-state index in [2.05, 4.69) is 39.4 Å². The highest BCUT2D eigenvalue weighted by atomic mass is 32.2. The summed E-state index contributed by atoms with van der Waals surface area (Å²) in [6.45, 7) is 12.4. The van der Waals surface area contributed by atoms with Gasteiger partial charge in [-0.3, -0.25) is 14.6 Å². The van der Waals surface area contributed by atoms with Crippen LogP contribution in [0, 0.1) is 6.92 Å². The topological polar surface area (TPSA) is 73.0 Å². The minimum absolute atomic E-state index is 0.127. The highest BCUT2D eigenvalue weighted by molar-refractivity contribution is 7.89. The molecule has 1 fully saturated rings. The monoisotopic (exact) mass is 498 g/mol. The molecule has 1 aliphatic rings. The highest BCUT2D eigenvalue weighted by Crippen LogP contribution is 2.24. The number of anilines is 1. The minimum Gasteiger partial charge on any atom is -0.325 e. The summed E-state index contributed by atoms with van der Waals surface area (Å²) in [4.78, 5) is 17.8. The number of nitrogens with one attached hydrogen (secondary N) is 1. The van der Waals surface area contributed by atoms with Crippen molar-refractivity contribution in [3.63, 3.8) is 0 Å². The van der Waals surface area contributed by atoms with Gasteiger partial charge in [0, 0.05) is 51.5 Å². The van der Waals surface area contributed by atoms with Gasteiger partial charge in [-0.25, -0.2) is 8.42 Å². The van der Waals surface area contributed by atoms with Gasteiger partial charge in [-0.1, -0.05) is 62.4 Å². The molecule has 7 nitrogen and oxygen atoms in total.